The Morgan fingerprint density at radius 1 is 1.31 bits per heavy atom. The number of hydrogen-bond acceptors (Lipinski definition) is 4. The van der Waals surface area contributed by atoms with Gasteiger partial charge >= 0.3 is 0 Å². The number of nitrogens with zero attached hydrogens (tertiary/aromatic N) is 3. The molecule has 0 radical (unpaired) electrons. The van der Waals surface area contributed by atoms with Crippen molar-refractivity contribution in [3.8, 4) is 5.88 Å². The van der Waals surface area contributed by atoms with E-state index in [9.17, 15) is 0 Å². The second-order valence-electron chi connectivity index (χ2n) is 7.40. The predicted octanol–water partition coefficient (Wildman–Crippen LogP) is 3.49. The molecule has 0 bridgehead atoms. The van der Waals surface area contributed by atoms with E-state index in [1.165, 1.54) is 18.4 Å². The first kappa shape index (κ1) is 21.4. The minimum Gasteiger partial charge on any atom is -0.481 e. The standard InChI is InChI=1S/C22H30ClN5O/c1-24-22(26-14-16-9-10-25-20(12-16)29-3)27-15-18-7-5-11-28(2)21(18)17-6-4-8-19(23)13-17/h4,6,8-10,12-13,18,21H,5,7,11,14-15H2,1-3H3,(H2,24,26,27). The number of piperidine rings is 1. The van der Waals surface area contributed by atoms with E-state index >= 15 is 0 Å². The number of pyridine rings is 1. The summed E-state index contributed by atoms with van der Waals surface area (Å²) in [6.07, 6.45) is 4.12. The normalized spacial score (nSPS) is 20.3. The maximum atomic E-state index is 6.25. The van der Waals surface area contributed by atoms with E-state index in [-0.39, 0.29) is 0 Å². The Hall–Kier alpha value is -2.31. The van der Waals surface area contributed by atoms with Gasteiger partial charge in [-0.25, -0.2) is 4.98 Å². The van der Waals surface area contributed by atoms with Crippen molar-refractivity contribution in [2.24, 2.45) is 10.9 Å². The van der Waals surface area contributed by atoms with Gasteiger partial charge in [0.1, 0.15) is 0 Å². The minimum absolute atomic E-state index is 0.345. The molecule has 3 rings (SSSR count). The molecule has 7 heteroatoms. The molecule has 1 fully saturated rings. The van der Waals surface area contributed by atoms with Crippen LogP contribution in [0.3, 0.4) is 0 Å². The number of aliphatic imine (C=N–C) groups is 1. The third-order valence-electron chi connectivity index (χ3n) is 5.42. The van der Waals surface area contributed by atoms with Gasteiger partial charge in [0, 0.05) is 43.5 Å². The molecule has 1 aliphatic heterocycles. The molecule has 0 aliphatic carbocycles. The first-order chi connectivity index (χ1) is 14.1. The summed E-state index contributed by atoms with van der Waals surface area (Å²) in [6.45, 7) is 2.60. The summed E-state index contributed by atoms with van der Waals surface area (Å²) >= 11 is 6.25. The molecule has 2 atom stereocenters. The van der Waals surface area contributed by atoms with Crippen LogP contribution in [0.2, 0.25) is 5.02 Å². The highest BCUT2D eigenvalue weighted by Crippen LogP contribution is 2.35. The number of ether oxygens (including phenoxy) is 1. The quantitative estimate of drug-likeness (QED) is 0.558. The lowest BCUT2D eigenvalue weighted by molar-refractivity contribution is 0.122. The van der Waals surface area contributed by atoms with E-state index in [2.05, 4.69) is 44.7 Å². The Morgan fingerprint density at radius 2 is 2.17 bits per heavy atom. The molecule has 2 heterocycles. The maximum absolute atomic E-state index is 6.25. The fourth-order valence-corrected chi connectivity index (χ4v) is 4.20. The van der Waals surface area contributed by atoms with Crippen molar-refractivity contribution in [2.45, 2.75) is 25.4 Å². The molecule has 29 heavy (non-hydrogen) atoms. The molecular formula is C22H30ClN5O. The number of aromatic nitrogens is 1. The average Bonchev–Trinajstić information content (AvgIpc) is 2.74. The zero-order valence-corrected chi connectivity index (χ0v) is 18.1. The number of hydrogen-bond donors (Lipinski definition) is 2. The topological polar surface area (TPSA) is 61.8 Å². The lowest BCUT2D eigenvalue weighted by Gasteiger charge is -2.40. The predicted molar refractivity (Wildman–Crippen MR) is 119 cm³/mol. The van der Waals surface area contributed by atoms with E-state index in [4.69, 9.17) is 16.3 Å². The Bertz CT molecular complexity index is 828. The van der Waals surface area contributed by atoms with Gasteiger partial charge in [-0.3, -0.25) is 9.89 Å². The van der Waals surface area contributed by atoms with Crippen LogP contribution in [0.1, 0.15) is 30.0 Å². The summed E-state index contributed by atoms with van der Waals surface area (Å²) in [6, 6.07) is 12.5. The molecule has 1 saturated heterocycles. The van der Waals surface area contributed by atoms with Crippen molar-refractivity contribution < 1.29 is 4.74 Å². The van der Waals surface area contributed by atoms with Gasteiger partial charge < -0.3 is 15.4 Å². The minimum atomic E-state index is 0.345. The third-order valence-corrected chi connectivity index (χ3v) is 5.66. The Labute approximate surface area is 178 Å². The maximum Gasteiger partial charge on any atom is 0.213 e. The molecule has 2 N–H and O–H groups in total. The molecule has 0 spiro atoms. The highest BCUT2D eigenvalue weighted by molar-refractivity contribution is 6.30. The smallest absolute Gasteiger partial charge is 0.213 e. The molecule has 2 aromatic rings. The zero-order chi connectivity index (χ0) is 20.6. The van der Waals surface area contributed by atoms with Crippen LogP contribution in [0.4, 0.5) is 0 Å². The Morgan fingerprint density at radius 3 is 2.93 bits per heavy atom. The summed E-state index contributed by atoms with van der Waals surface area (Å²) in [7, 11) is 5.61. The summed E-state index contributed by atoms with van der Waals surface area (Å²) < 4.78 is 5.19. The van der Waals surface area contributed by atoms with Gasteiger partial charge in [-0.2, -0.15) is 0 Å². The second kappa shape index (κ2) is 10.5. The number of rotatable bonds is 6. The van der Waals surface area contributed by atoms with Gasteiger partial charge in [0.15, 0.2) is 5.96 Å². The molecule has 1 aromatic heterocycles. The van der Waals surface area contributed by atoms with Crippen LogP contribution in [0.25, 0.3) is 0 Å². The van der Waals surface area contributed by atoms with Gasteiger partial charge in [-0.15, -0.1) is 0 Å². The van der Waals surface area contributed by atoms with Crippen LogP contribution in [0, 0.1) is 5.92 Å². The van der Waals surface area contributed by atoms with Gasteiger partial charge in [0.2, 0.25) is 5.88 Å². The molecular weight excluding hydrogens is 386 g/mol. The fraction of sp³-hybridized carbons (Fsp3) is 0.455. The summed E-state index contributed by atoms with van der Waals surface area (Å²) in [4.78, 5) is 10.9. The van der Waals surface area contributed by atoms with E-state index in [1.54, 1.807) is 20.4 Å². The average molecular weight is 416 g/mol. The van der Waals surface area contributed by atoms with Crippen molar-refractivity contribution in [2.75, 3.05) is 34.3 Å². The van der Waals surface area contributed by atoms with Gasteiger partial charge in [-0.05, 0) is 61.7 Å². The van der Waals surface area contributed by atoms with Crippen LogP contribution in [0.15, 0.2) is 47.6 Å². The van der Waals surface area contributed by atoms with Crippen LogP contribution in [-0.2, 0) is 6.54 Å². The van der Waals surface area contributed by atoms with E-state index < -0.39 is 0 Å². The number of guanidine groups is 1. The lowest BCUT2D eigenvalue weighted by atomic mass is 9.85. The highest BCUT2D eigenvalue weighted by atomic mass is 35.5. The van der Waals surface area contributed by atoms with E-state index in [0.29, 0.717) is 24.4 Å². The van der Waals surface area contributed by atoms with Crippen molar-refractivity contribution in [3.05, 3.63) is 58.7 Å². The van der Waals surface area contributed by atoms with Crippen molar-refractivity contribution in [1.29, 1.82) is 0 Å². The molecule has 0 amide bonds. The Balaban J connectivity index is 1.61. The van der Waals surface area contributed by atoms with Crippen LogP contribution < -0.4 is 15.4 Å². The third kappa shape index (κ3) is 5.84. The molecule has 1 aromatic carbocycles. The van der Waals surface area contributed by atoms with Gasteiger partial charge in [-0.1, -0.05) is 23.7 Å². The molecule has 1 aliphatic rings. The SMILES string of the molecule is CN=C(NCc1ccnc(OC)c1)NCC1CCCN(C)C1c1cccc(Cl)c1. The van der Waals surface area contributed by atoms with Gasteiger partial charge in [0.25, 0.3) is 0 Å². The van der Waals surface area contributed by atoms with Crippen molar-refractivity contribution >= 4 is 17.6 Å². The van der Waals surface area contributed by atoms with E-state index in [0.717, 1.165) is 29.6 Å². The van der Waals surface area contributed by atoms with Crippen molar-refractivity contribution in [3.63, 3.8) is 0 Å². The number of likely N-dealkylation sites (tertiary alicyclic amines) is 1. The summed E-state index contributed by atoms with van der Waals surface area (Å²) in [5.74, 6) is 1.88. The fourth-order valence-electron chi connectivity index (χ4n) is 4.00. The monoisotopic (exact) mass is 415 g/mol. The zero-order valence-electron chi connectivity index (χ0n) is 17.4. The number of benzene rings is 1. The summed E-state index contributed by atoms with van der Waals surface area (Å²) in [5.41, 5.74) is 2.37. The number of halogens is 1. The first-order valence-electron chi connectivity index (χ1n) is 10.00. The van der Waals surface area contributed by atoms with Gasteiger partial charge in [0.05, 0.1) is 7.11 Å². The highest BCUT2D eigenvalue weighted by Gasteiger charge is 2.30. The van der Waals surface area contributed by atoms with Crippen LogP contribution >= 0.6 is 11.6 Å². The number of methoxy groups -OCH3 is 1. The lowest BCUT2D eigenvalue weighted by Crippen LogP contribution is -2.44. The molecule has 0 saturated carbocycles. The first-order valence-corrected chi connectivity index (χ1v) is 10.4. The van der Waals surface area contributed by atoms with Crippen LogP contribution in [-0.4, -0.2) is 50.1 Å². The summed E-state index contributed by atoms with van der Waals surface area (Å²) in [5, 5.41) is 7.67. The Kier molecular flexibility index (Phi) is 7.72. The number of nitrogens with one attached hydrogen (secondary N) is 2. The van der Waals surface area contributed by atoms with Crippen LogP contribution in [0.5, 0.6) is 5.88 Å². The van der Waals surface area contributed by atoms with E-state index in [1.807, 2.05) is 24.3 Å². The largest absolute Gasteiger partial charge is 0.481 e. The molecule has 156 valence electrons. The van der Waals surface area contributed by atoms with Crippen molar-refractivity contribution in [1.82, 2.24) is 20.5 Å². The molecule has 2 unspecified atom stereocenters. The molecule has 6 nitrogen and oxygen atoms in total. The second-order valence-corrected chi connectivity index (χ2v) is 7.83.